The summed E-state index contributed by atoms with van der Waals surface area (Å²) in [6.07, 6.45) is 0. The van der Waals surface area contributed by atoms with Gasteiger partial charge in [0.15, 0.2) is 6.61 Å². The van der Waals surface area contributed by atoms with Gasteiger partial charge in [-0.05, 0) is 30.3 Å². The van der Waals surface area contributed by atoms with Crippen LogP contribution in [0.1, 0.15) is 16.1 Å². The van der Waals surface area contributed by atoms with Crippen LogP contribution >= 0.6 is 0 Å². The van der Waals surface area contributed by atoms with Gasteiger partial charge in [0.1, 0.15) is 5.69 Å². The largest absolute Gasteiger partial charge is 0.451 e. The molecule has 1 aromatic heterocycles. The van der Waals surface area contributed by atoms with Gasteiger partial charge in [-0.3, -0.25) is 4.79 Å². The van der Waals surface area contributed by atoms with Crippen molar-refractivity contribution < 1.29 is 14.3 Å². The molecule has 0 aliphatic rings. The van der Waals surface area contributed by atoms with Crippen LogP contribution in [-0.2, 0) is 9.53 Å². The van der Waals surface area contributed by atoms with Crippen molar-refractivity contribution in [2.24, 2.45) is 0 Å². The zero-order valence-electron chi connectivity index (χ0n) is 13.1. The SMILES string of the molecule is N#Cc1cccc(NC(=O)COC(=O)c2ccc3ccccc3n2)c1. The van der Waals surface area contributed by atoms with Crippen molar-refractivity contribution in [3.05, 3.63) is 71.9 Å². The lowest BCUT2D eigenvalue weighted by Gasteiger charge is -2.07. The molecule has 1 N–H and O–H groups in total. The molecule has 0 bridgehead atoms. The van der Waals surface area contributed by atoms with E-state index in [2.05, 4.69) is 10.3 Å². The molecular weight excluding hydrogens is 318 g/mol. The average Bonchev–Trinajstić information content (AvgIpc) is 2.65. The van der Waals surface area contributed by atoms with Crippen molar-refractivity contribution in [3.63, 3.8) is 0 Å². The number of rotatable bonds is 4. The van der Waals surface area contributed by atoms with Gasteiger partial charge < -0.3 is 10.1 Å². The Balaban J connectivity index is 1.60. The third-order valence-corrected chi connectivity index (χ3v) is 3.42. The number of nitrogens with one attached hydrogen (secondary N) is 1. The van der Waals surface area contributed by atoms with Crippen molar-refractivity contribution in [3.8, 4) is 6.07 Å². The highest BCUT2D eigenvalue weighted by Crippen LogP contribution is 2.13. The molecular formula is C19H13N3O3. The Labute approximate surface area is 143 Å². The fourth-order valence-corrected chi connectivity index (χ4v) is 2.25. The summed E-state index contributed by atoms with van der Waals surface area (Å²) in [6, 6.07) is 19.2. The van der Waals surface area contributed by atoms with E-state index in [9.17, 15) is 9.59 Å². The predicted octanol–water partition coefficient (Wildman–Crippen LogP) is 2.90. The van der Waals surface area contributed by atoms with Crippen molar-refractivity contribution >= 4 is 28.5 Å². The first kappa shape index (κ1) is 16.1. The number of carbonyl (C=O) groups is 2. The summed E-state index contributed by atoms with van der Waals surface area (Å²) in [4.78, 5) is 28.1. The van der Waals surface area contributed by atoms with E-state index in [-0.39, 0.29) is 5.69 Å². The number of benzene rings is 2. The van der Waals surface area contributed by atoms with E-state index in [1.807, 2.05) is 24.3 Å². The second-order valence-electron chi connectivity index (χ2n) is 5.21. The van der Waals surface area contributed by atoms with Crippen molar-refractivity contribution in [1.82, 2.24) is 4.98 Å². The number of nitrogens with zero attached hydrogens (tertiary/aromatic N) is 2. The number of anilines is 1. The van der Waals surface area contributed by atoms with Crippen LogP contribution in [0.25, 0.3) is 10.9 Å². The maximum Gasteiger partial charge on any atom is 0.357 e. The van der Waals surface area contributed by atoms with E-state index in [1.165, 1.54) is 6.07 Å². The summed E-state index contributed by atoms with van der Waals surface area (Å²) in [5, 5.41) is 12.3. The second-order valence-corrected chi connectivity index (χ2v) is 5.21. The molecule has 0 spiro atoms. The fraction of sp³-hybridized carbons (Fsp3) is 0.0526. The summed E-state index contributed by atoms with van der Waals surface area (Å²) in [7, 11) is 0. The molecule has 0 aliphatic carbocycles. The Hall–Kier alpha value is -3.72. The van der Waals surface area contributed by atoms with Crippen molar-refractivity contribution in [1.29, 1.82) is 5.26 Å². The highest BCUT2D eigenvalue weighted by molar-refractivity contribution is 5.95. The van der Waals surface area contributed by atoms with E-state index < -0.39 is 18.5 Å². The van der Waals surface area contributed by atoms with Crippen LogP contribution < -0.4 is 5.32 Å². The number of carbonyl (C=O) groups excluding carboxylic acids is 2. The smallest absolute Gasteiger partial charge is 0.357 e. The first-order chi connectivity index (χ1) is 12.2. The summed E-state index contributed by atoms with van der Waals surface area (Å²) in [5.41, 5.74) is 1.70. The summed E-state index contributed by atoms with van der Waals surface area (Å²) < 4.78 is 4.99. The molecule has 3 aromatic rings. The number of hydrogen-bond acceptors (Lipinski definition) is 5. The predicted molar refractivity (Wildman–Crippen MR) is 91.8 cm³/mol. The third-order valence-electron chi connectivity index (χ3n) is 3.42. The number of hydrogen-bond donors (Lipinski definition) is 1. The first-order valence-corrected chi connectivity index (χ1v) is 7.48. The normalized spacial score (nSPS) is 10.0. The highest BCUT2D eigenvalue weighted by Gasteiger charge is 2.12. The molecule has 2 aromatic carbocycles. The molecule has 0 radical (unpaired) electrons. The summed E-state index contributed by atoms with van der Waals surface area (Å²) in [6.45, 7) is -0.440. The topological polar surface area (TPSA) is 92.1 Å². The number of esters is 1. The highest BCUT2D eigenvalue weighted by atomic mass is 16.5. The number of pyridine rings is 1. The van der Waals surface area contributed by atoms with E-state index in [4.69, 9.17) is 10.00 Å². The molecule has 0 unspecified atom stereocenters. The molecule has 0 atom stereocenters. The summed E-state index contributed by atoms with van der Waals surface area (Å²) in [5.74, 6) is -1.17. The molecule has 122 valence electrons. The molecule has 1 heterocycles. The molecule has 3 rings (SSSR count). The fourth-order valence-electron chi connectivity index (χ4n) is 2.25. The second kappa shape index (κ2) is 7.23. The number of fused-ring (bicyclic) bond motifs is 1. The summed E-state index contributed by atoms with van der Waals surface area (Å²) >= 11 is 0. The number of para-hydroxylation sites is 1. The zero-order chi connectivity index (χ0) is 17.6. The maximum absolute atomic E-state index is 12.0. The minimum atomic E-state index is -0.674. The lowest BCUT2D eigenvalue weighted by Crippen LogP contribution is -2.21. The zero-order valence-corrected chi connectivity index (χ0v) is 13.1. The van der Waals surface area contributed by atoms with Gasteiger partial charge in [0.25, 0.3) is 5.91 Å². The van der Waals surface area contributed by atoms with Gasteiger partial charge >= 0.3 is 5.97 Å². The van der Waals surface area contributed by atoms with E-state index in [0.717, 1.165) is 5.39 Å². The monoisotopic (exact) mass is 331 g/mol. The Kier molecular flexibility index (Phi) is 4.67. The number of amides is 1. The number of aromatic nitrogens is 1. The van der Waals surface area contributed by atoms with Crippen LogP contribution in [0.4, 0.5) is 5.69 Å². The minimum absolute atomic E-state index is 0.137. The molecule has 1 amide bonds. The number of nitriles is 1. The molecule has 0 saturated heterocycles. The molecule has 25 heavy (non-hydrogen) atoms. The van der Waals surface area contributed by atoms with E-state index in [0.29, 0.717) is 16.8 Å². The first-order valence-electron chi connectivity index (χ1n) is 7.48. The van der Waals surface area contributed by atoms with Gasteiger partial charge in [0.2, 0.25) is 0 Å². The lowest BCUT2D eigenvalue weighted by molar-refractivity contribution is -0.119. The third kappa shape index (κ3) is 3.98. The van der Waals surface area contributed by atoms with Gasteiger partial charge in [-0.2, -0.15) is 5.26 Å². The van der Waals surface area contributed by atoms with Crippen LogP contribution in [0.3, 0.4) is 0 Å². The quantitative estimate of drug-likeness (QED) is 0.742. The van der Waals surface area contributed by atoms with Crippen LogP contribution in [0.15, 0.2) is 60.7 Å². The Morgan fingerprint density at radius 2 is 1.92 bits per heavy atom. The van der Waals surface area contributed by atoms with Crippen LogP contribution in [0.5, 0.6) is 0 Å². The number of ether oxygens (including phenoxy) is 1. The van der Waals surface area contributed by atoms with Crippen LogP contribution in [0, 0.1) is 11.3 Å². The standard InChI is InChI=1S/C19H13N3O3/c20-11-13-4-3-6-15(10-13)21-18(23)12-25-19(24)17-9-8-14-5-1-2-7-16(14)22-17/h1-10H,12H2,(H,21,23). The molecule has 0 aliphatic heterocycles. The van der Waals surface area contributed by atoms with Gasteiger partial charge in [-0.15, -0.1) is 0 Å². The van der Waals surface area contributed by atoms with E-state index >= 15 is 0 Å². The van der Waals surface area contributed by atoms with Crippen molar-refractivity contribution in [2.45, 2.75) is 0 Å². The van der Waals surface area contributed by atoms with Gasteiger partial charge in [0.05, 0.1) is 17.1 Å². The Morgan fingerprint density at radius 3 is 2.76 bits per heavy atom. The molecule has 0 saturated carbocycles. The minimum Gasteiger partial charge on any atom is -0.451 e. The maximum atomic E-state index is 12.0. The Bertz CT molecular complexity index is 992. The molecule has 6 nitrogen and oxygen atoms in total. The molecule has 0 fully saturated rings. The van der Waals surface area contributed by atoms with E-state index in [1.54, 1.807) is 36.4 Å². The van der Waals surface area contributed by atoms with Crippen LogP contribution in [-0.4, -0.2) is 23.5 Å². The van der Waals surface area contributed by atoms with Crippen LogP contribution in [0.2, 0.25) is 0 Å². The lowest BCUT2D eigenvalue weighted by atomic mass is 10.2. The molecule has 6 heteroatoms. The van der Waals surface area contributed by atoms with Gasteiger partial charge in [-0.25, -0.2) is 9.78 Å². The van der Waals surface area contributed by atoms with Gasteiger partial charge in [-0.1, -0.05) is 30.3 Å². The Morgan fingerprint density at radius 1 is 1.08 bits per heavy atom. The average molecular weight is 331 g/mol. The van der Waals surface area contributed by atoms with Crippen molar-refractivity contribution in [2.75, 3.05) is 11.9 Å². The van der Waals surface area contributed by atoms with Gasteiger partial charge in [0, 0.05) is 11.1 Å².